The number of halogens is 1. The number of aliphatic imine (C=N–C) groups is 1. The molecular formula is C15H30IN3O2. The zero-order chi connectivity index (χ0) is 14.0. The predicted molar refractivity (Wildman–Crippen MR) is 96.6 cm³/mol. The lowest BCUT2D eigenvalue weighted by molar-refractivity contribution is 0.0893. The van der Waals surface area contributed by atoms with Crippen LogP contribution in [0.1, 0.15) is 32.6 Å². The fraction of sp³-hybridized carbons (Fsp3) is 0.933. The molecule has 21 heavy (non-hydrogen) atoms. The van der Waals surface area contributed by atoms with Gasteiger partial charge in [0.1, 0.15) is 0 Å². The van der Waals surface area contributed by atoms with Crippen LogP contribution < -0.4 is 5.32 Å². The van der Waals surface area contributed by atoms with Crippen LogP contribution in [0.3, 0.4) is 0 Å². The van der Waals surface area contributed by atoms with E-state index in [9.17, 15) is 0 Å². The molecule has 0 saturated carbocycles. The Bertz CT molecular complexity index is 291. The van der Waals surface area contributed by atoms with Crippen molar-refractivity contribution in [2.45, 2.75) is 32.6 Å². The third-order valence-electron chi connectivity index (χ3n) is 3.83. The molecule has 5 nitrogen and oxygen atoms in total. The van der Waals surface area contributed by atoms with Gasteiger partial charge in [-0.2, -0.15) is 0 Å². The molecule has 2 aliphatic heterocycles. The van der Waals surface area contributed by atoms with Crippen molar-refractivity contribution in [2.24, 2.45) is 10.9 Å². The van der Waals surface area contributed by atoms with E-state index in [1.165, 1.54) is 12.8 Å². The number of rotatable bonds is 7. The lowest BCUT2D eigenvalue weighted by Crippen LogP contribution is -2.39. The molecule has 2 saturated heterocycles. The first kappa shape index (κ1) is 19.0. The largest absolute Gasteiger partial charge is 0.381 e. The topological polar surface area (TPSA) is 46.1 Å². The molecule has 124 valence electrons. The summed E-state index contributed by atoms with van der Waals surface area (Å²) >= 11 is 0. The fourth-order valence-electron chi connectivity index (χ4n) is 2.67. The van der Waals surface area contributed by atoms with Gasteiger partial charge in [0.15, 0.2) is 5.96 Å². The molecule has 2 heterocycles. The maximum atomic E-state index is 5.70. The van der Waals surface area contributed by atoms with Crippen LogP contribution in [-0.4, -0.2) is 63.5 Å². The van der Waals surface area contributed by atoms with E-state index in [1.807, 2.05) is 0 Å². The van der Waals surface area contributed by atoms with Crippen LogP contribution in [0.15, 0.2) is 4.99 Å². The van der Waals surface area contributed by atoms with Crippen LogP contribution in [0.4, 0.5) is 0 Å². The maximum Gasteiger partial charge on any atom is 0.193 e. The highest BCUT2D eigenvalue weighted by molar-refractivity contribution is 14.0. The van der Waals surface area contributed by atoms with E-state index in [0.717, 1.165) is 71.4 Å². The summed E-state index contributed by atoms with van der Waals surface area (Å²) in [6, 6.07) is 0. The van der Waals surface area contributed by atoms with Gasteiger partial charge in [-0.15, -0.1) is 24.0 Å². The van der Waals surface area contributed by atoms with E-state index in [4.69, 9.17) is 14.5 Å². The standard InChI is InChI=1S/C15H29N3O2.HI/c1-2-16-15(18-8-3-4-9-18)17-7-5-10-19-12-14-6-11-20-13-14;/h14H,2-13H2,1H3,(H,16,17);1H. The van der Waals surface area contributed by atoms with Crippen molar-refractivity contribution in [1.82, 2.24) is 10.2 Å². The van der Waals surface area contributed by atoms with Gasteiger partial charge < -0.3 is 19.7 Å². The van der Waals surface area contributed by atoms with Gasteiger partial charge in [-0.25, -0.2) is 0 Å². The molecule has 0 aromatic heterocycles. The molecule has 0 aromatic rings. The van der Waals surface area contributed by atoms with Gasteiger partial charge in [0.25, 0.3) is 0 Å². The molecule has 1 unspecified atom stereocenters. The first-order valence-electron chi connectivity index (χ1n) is 8.09. The lowest BCUT2D eigenvalue weighted by Gasteiger charge is -2.20. The molecule has 0 aromatic carbocycles. The van der Waals surface area contributed by atoms with Crippen LogP contribution in [0, 0.1) is 5.92 Å². The van der Waals surface area contributed by atoms with E-state index in [2.05, 4.69) is 17.1 Å². The number of hydrogen-bond acceptors (Lipinski definition) is 3. The minimum Gasteiger partial charge on any atom is -0.381 e. The van der Waals surface area contributed by atoms with Gasteiger partial charge >= 0.3 is 0 Å². The second-order valence-corrected chi connectivity index (χ2v) is 5.59. The molecule has 0 aliphatic carbocycles. The Balaban J connectivity index is 0.00000220. The van der Waals surface area contributed by atoms with Gasteiger partial charge in [0, 0.05) is 45.3 Å². The van der Waals surface area contributed by atoms with Gasteiger partial charge in [0.05, 0.1) is 13.2 Å². The number of hydrogen-bond donors (Lipinski definition) is 1. The average molecular weight is 411 g/mol. The van der Waals surface area contributed by atoms with Crippen molar-refractivity contribution in [3.05, 3.63) is 0 Å². The van der Waals surface area contributed by atoms with Crippen LogP contribution in [0.25, 0.3) is 0 Å². The lowest BCUT2D eigenvalue weighted by atomic mass is 10.1. The van der Waals surface area contributed by atoms with Crippen LogP contribution >= 0.6 is 24.0 Å². The van der Waals surface area contributed by atoms with E-state index < -0.39 is 0 Å². The SMILES string of the molecule is CCNC(=NCCCOCC1CCOC1)N1CCCC1.I. The highest BCUT2D eigenvalue weighted by atomic mass is 127. The smallest absolute Gasteiger partial charge is 0.193 e. The van der Waals surface area contributed by atoms with Crippen LogP contribution in [0.2, 0.25) is 0 Å². The molecule has 0 amide bonds. The maximum absolute atomic E-state index is 5.70. The molecule has 0 bridgehead atoms. The molecule has 1 N–H and O–H groups in total. The van der Waals surface area contributed by atoms with E-state index in [1.54, 1.807) is 0 Å². The van der Waals surface area contributed by atoms with Crippen LogP contribution in [0.5, 0.6) is 0 Å². The predicted octanol–water partition coefficient (Wildman–Crippen LogP) is 2.11. The van der Waals surface area contributed by atoms with Crippen molar-refractivity contribution in [3.8, 4) is 0 Å². The molecule has 2 aliphatic rings. The first-order chi connectivity index (χ1) is 9.90. The fourth-order valence-corrected chi connectivity index (χ4v) is 2.67. The molecule has 6 heteroatoms. The summed E-state index contributed by atoms with van der Waals surface area (Å²) in [5, 5.41) is 3.38. The second-order valence-electron chi connectivity index (χ2n) is 5.59. The van der Waals surface area contributed by atoms with Gasteiger partial charge in [-0.05, 0) is 32.6 Å². The Morgan fingerprint density at radius 1 is 1.38 bits per heavy atom. The average Bonchev–Trinajstić information content (AvgIpc) is 3.13. The molecule has 2 rings (SSSR count). The number of nitrogens with one attached hydrogen (secondary N) is 1. The van der Waals surface area contributed by atoms with Crippen molar-refractivity contribution in [1.29, 1.82) is 0 Å². The zero-order valence-electron chi connectivity index (χ0n) is 13.2. The summed E-state index contributed by atoms with van der Waals surface area (Å²) in [4.78, 5) is 7.05. The number of nitrogens with zero attached hydrogens (tertiary/aromatic N) is 2. The Labute approximate surface area is 145 Å². The molecular weight excluding hydrogens is 381 g/mol. The van der Waals surface area contributed by atoms with E-state index >= 15 is 0 Å². The quantitative estimate of drug-likeness (QED) is 0.302. The van der Waals surface area contributed by atoms with E-state index in [-0.39, 0.29) is 24.0 Å². The number of ether oxygens (including phenoxy) is 2. The summed E-state index contributed by atoms with van der Waals surface area (Å²) in [6.07, 6.45) is 4.72. The van der Waals surface area contributed by atoms with Gasteiger partial charge in [-0.3, -0.25) is 4.99 Å². The van der Waals surface area contributed by atoms with Crippen molar-refractivity contribution in [2.75, 3.05) is 52.6 Å². The second kappa shape index (κ2) is 11.5. The highest BCUT2D eigenvalue weighted by Gasteiger charge is 2.16. The van der Waals surface area contributed by atoms with E-state index in [0.29, 0.717) is 5.92 Å². The minimum atomic E-state index is 0. The third kappa shape index (κ3) is 7.15. The Hall–Kier alpha value is -0.0800. The monoisotopic (exact) mass is 411 g/mol. The Morgan fingerprint density at radius 3 is 2.86 bits per heavy atom. The summed E-state index contributed by atoms with van der Waals surface area (Å²) in [7, 11) is 0. The normalized spacial score (nSPS) is 22.4. The first-order valence-corrected chi connectivity index (χ1v) is 8.09. The molecule has 0 spiro atoms. The van der Waals surface area contributed by atoms with Gasteiger partial charge in [0.2, 0.25) is 0 Å². The summed E-state index contributed by atoms with van der Waals surface area (Å²) < 4.78 is 11.0. The van der Waals surface area contributed by atoms with Gasteiger partial charge in [-0.1, -0.05) is 0 Å². The van der Waals surface area contributed by atoms with Crippen molar-refractivity contribution >= 4 is 29.9 Å². The third-order valence-corrected chi connectivity index (χ3v) is 3.83. The minimum absolute atomic E-state index is 0. The molecule has 0 radical (unpaired) electrons. The Kier molecular flexibility index (Phi) is 10.4. The van der Waals surface area contributed by atoms with Crippen molar-refractivity contribution in [3.63, 3.8) is 0 Å². The number of guanidine groups is 1. The Morgan fingerprint density at radius 2 is 2.19 bits per heavy atom. The van der Waals surface area contributed by atoms with Crippen molar-refractivity contribution < 1.29 is 9.47 Å². The summed E-state index contributed by atoms with van der Waals surface area (Å²) in [6.45, 7) is 9.62. The van der Waals surface area contributed by atoms with Crippen LogP contribution in [-0.2, 0) is 9.47 Å². The molecule has 2 fully saturated rings. The molecule has 1 atom stereocenters. The summed E-state index contributed by atoms with van der Waals surface area (Å²) in [5.41, 5.74) is 0. The zero-order valence-corrected chi connectivity index (χ0v) is 15.5. The number of likely N-dealkylation sites (tertiary alicyclic amines) is 1. The summed E-state index contributed by atoms with van der Waals surface area (Å²) in [5.74, 6) is 1.69. The highest BCUT2D eigenvalue weighted by Crippen LogP contribution is 2.12.